The van der Waals surface area contributed by atoms with Crippen LogP contribution in [0.1, 0.15) is 12.8 Å². The smallest absolute Gasteiger partial charge is 0.330 e. The second-order valence-electron chi connectivity index (χ2n) is 2.59. The van der Waals surface area contributed by atoms with E-state index in [1.165, 1.54) is 0 Å². The largest absolute Gasteiger partial charge is 0.391 e. The van der Waals surface area contributed by atoms with Crippen LogP contribution in [0.25, 0.3) is 0 Å². The van der Waals surface area contributed by atoms with Crippen LogP contribution < -0.4 is 5.32 Å². The van der Waals surface area contributed by atoms with Gasteiger partial charge in [0, 0.05) is 0 Å². The van der Waals surface area contributed by atoms with E-state index in [1.807, 2.05) is 0 Å². The third-order valence-corrected chi connectivity index (χ3v) is 1.92. The Morgan fingerprint density at radius 3 is 2.20 bits per heavy atom. The van der Waals surface area contributed by atoms with Crippen molar-refractivity contribution in [3.8, 4) is 0 Å². The second kappa shape index (κ2) is 1.79. The molecule has 0 aliphatic carbocycles. The van der Waals surface area contributed by atoms with E-state index in [1.54, 1.807) is 0 Å². The maximum absolute atomic E-state index is 10.8. The Bertz CT molecular complexity index is 181. The van der Waals surface area contributed by atoms with Crippen molar-refractivity contribution in [2.24, 2.45) is 0 Å². The molecule has 10 heavy (non-hydrogen) atoms. The third kappa shape index (κ3) is 0.654. The number of ether oxygens (including phenoxy) is 1. The fraction of sp³-hybridized carbons (Fsp3) is 0.667. The average Bonchev–Trinajstić information content (AvgIpc) is 2.28. The van der Waals surface area contributed by atoms with Crippen molar-refractivity contribution in [2.45, 2.75) is 24.9 Å². The fourth-order valence-corrected chi connectivity index (χ4v) is 1.36. The highest BCUT2D eigenvalue weighted by molar-refractivity contribution is 5.95. The summed E-state index contributed by atoms with van der Waals surface area (Å²) in [5.74, 6) is -0.836. The molecule has 0 aromatic rings. The van der Waals surface area contributed by atoms with Crippen LogP contribution in [0.4, 0.5) is 0 Å². The van der Waals surface area contributed by atoms with E-state index in [0.717, 1.165) is 12.8 Å². The number of morpholine rings is 1. The van der Waals surface area contributed by atoms with Crippen LogP contribution in [-0.4, -0.2) is 24.0 Å². The first-order valence-electron chi connectivity index (χ1n) is 3.29. The van der Waals surface area contributed by atoms with Crippen LogP contribution in [0.5, 0.6) is 0 Å². The first-order valence-corrected chi connectivity index (χ1v) is 3.29. The van der Waals surface area contributed by atoms with Crippen molar-refractivity contribution in [3.05, 3.63) is 0 Å². The molecule has 0 spiro atoms. The monoisotopic (exact) mass is 141 g/mol. The van der Waals surface area contributed by atoms with Crippen LogP contribution in [0.2, 0.25) is 0 Å². The van der Waals surface area contributed by atoms with Crippen molar-refractivity contribution in [1.82, 2.24) is 5.32 Å². The predicted molar refractivity (Wildman–Crippen MR) is 31.0 cm³/mol. The molecule has 4 heteroatoms. The first kappa shape index (κ1) is 5.85. The van der Waals surface area contributed by atoms with Crippen molar-refractivity contribution in [2.75, 3.05) is 0 Å². The van der Waals surface area contributed by atoms with Crippen molar-refractivity contribution in [1.29, 1.82) is 0 Å². The summed E-state index contributed by atoms with van der Waals surface area (Å²) in [7, 11) is 0. The minimum Gasteiger partial charge on any atom is -0.391 e. The minimum atomic E-state index is -0.418. The number of fused-ring (bicyclic) bond motifs is 2. The molecular formula is C6H7NO3. The number of nitrogens with one attached hydrogen (secondary N) is 1. The highest BCUT2D eigenvalue weighted by Gasteiger charge is 2.41. The first-order chi connectivity index (χ1) is 4.77. The summed E-state index contributed by atoms with van der Waals surface area (Å²) >= 11 is 0. The van der Waals surface area contributed by atoms with Crippen molar-refractivity contribution in [3.63, 3.8) is 0 Å². The van der Waals surface area contributed by atoms with E-state index in [9.17, 15) is 9.59 Å². The van der Waals surface area contributed by atoms with Gasteiger partial charge in [-0.3, -0.25) is 5.32 Å². The summed E-state index contributed by atoms with van der Waals surface area (Å²) in [6, 6.07) is -0.439. The SMILES string of the molecule is O=C1OC(=O)C2CCC1N2. The Morgan fingerprint density at radius 2 is 1.70 bits per heavy atom. The average molecular weight is 141 g/mol. The third-order valence-electron chi connectivity index (χ3n) is 1.92. The molecule has 2 bridgehead atoms. The normalized spacial score (nSPS) is 38.0. The van der Waals surface area contributed by atoms with Gasteiger partial charge >= 0.3 is 11.9 Å². The molecule has 2 fully saturated rings. The van der Waals surface area contributed by atoms with Gasteiger partial charge in [-0.05, 0) is 12.8 Å². The van der Waals surface area contributed by atoms with Crippen LogP contribution in [0.3, 0.4) is 0 Å². The van der Waals surface area contributed by atoms with E-state index in [-0.39, 0.29) is 12.1 Å². The van der Waals surface area contributed by atoms with Crippen molar-refractivity contribution < 1.29 is 14.3 Å². The molecule has 2 aliphatic rings. The Labute approximate surface area is 57.5 Å². The molecule has 0 aromatic heterocycles. The van der Waals surface area contributed by atoms with Crippen LogP contribution in [-0.2, 0) is 14.3 Å². The zero-order valence-corrected chi connectivity index (χ0v) is 5.29. The van der Waals surface area contributed by atoms with Gasteiger partial charge in [-0.25, -0.2) is 9.59 Å². The van der Waals surface area contributed by atoms with Gasteiger partial charge in [0.1, 0.15) is 12.1 Å². The summed E-state index contributed by atoms with van der Waals surface area (Å²) in [4.78, 5) is 21.5. The number of carbonyl (C=O) groups is 2. The van der Waals surface area contributed by atoms with E-state index in [2.05, 4.69) is 10.1 Å². The number of hydrogen-bond donors (Lipinski definition) is 1. The summed E-state index contributed by atoms with van der Waals surface area (Å²) in [5.41, 5.74) is 0. The van der Waals surface area contributed by atoms with Gasteiger partial charge in [0.05, 0.1) is 0 Å². The summed E-state index contributed by atoms with van der Waals surface area (Å²) in [6.45, 7) is 0. The maximum atomic E-state index is 10.8. The lowest BCUT2D eigenvalue weighted by atomic mass is 10.2. The highest BCUT2D eigenvalue weighted by atomic mass is 16.6. The Hall–Kier alpha value is -0.900. The van der Waals surface area contributed by atoms with Crippen molar-refractivity contribution >= 4 is 11.9 Å². The molecule has 0 radical (unpaired) electrons. The van der Waals surface area contributed by atoms with Gasteiger partial charge in [0.2, 0.25) is 0 Å². The fourth-order valence-electron chi connectivity index (χ4n) is 1.36. The van der Waals surface area contributed by atoms with Gasteiger partial charge < -0.3 is 4.74 Å². The van der Waals surface area contributed by atoms with Gasteiger partial charge in [-0.1, -0.05) is 0 Å². The molecule has 1 N–H and O–H groups in total. The molecule has 2 heterocycles. The van der Waals surface area contributed by atoms with Crippen LogP contribution in [0, 0.1) is 0 Å². The van der Waals surface area contributed by atoms with E-state index < -0.39 is 11.9 Å². The molecule has 0 aromatic carbocycles. The topological polar surface area (TPSA) is 55.4 Å². The molecule has 0 amide bonds. The molecule has 2 rings (SSSR count). The second-order valence-corrected chi connectivity index (χ2v) is 2.59. The number of carbonyl (C=O) groups excluding carboxylic acids is 2. The maximum Gasteiger partial charge on any atom is 0.330 e. The molecule has 0 saturated carbocycles. The number of hydrogen-bond acceptors (Lipinski definition) is 4. The van der Waals surface area contributed by atoms with E-state index in [4.69, 9.17) is 0 Å². The Morgan fingerprint density at radius 1 is 1.20 bits per heavy atom. The van der Waals surface area contributed by atoms with E-state index >= 15 is 0 Å². The molecule has 4 nitrogen and oxygen atoms in total. The van der Waals surface area contributed by atoms with Gasteiger partial charge in [0.25, 0.3) is 0 Å². The summed E-state index contributed by atoms with van der Waals surface area (Å²) in [6.07, 6.45) is 1.46. The standard InChI is InChI=1S/C6H7NO3/c8-5-3-1-2-4(7-3)6(9)10-5/h3-4,7H,1-2H2. The van der Waals surface area contributed by atoms with Crippen LogP contribution in [0.15, 0.2) is 0 Å². The Kier molecular flexibility index (Phi) is 1.05. The molecule has 2 atom stereocenters. The minimum absolute atomic E-state index is 0.220. The predicted octanol–water partition coefficient (Wildman–Crippen LogP) is -0.810. The quantitative estimate of drug-likeness (QED) is 0.354. The zero-order valence-electron chi connectivity index (χ0n) is 5.29. The highest BCUT2D eigenvalue weighted by Crippen LogP contribution is 2.19. The molecule has 2 unspecified atom stereocenters. The number of esters is 2. The van der Waals surface area contributed by atoms with Gasteiger partial charge in [0.15, 0.2) is 0 Å². The van der Waals surface area contributed by atoms with Crippen LogP contribution >= 0.6 is 0 Å². The number of rotatable bonds is 0. The summed E-state index contributed by atoms with van der Waals surface area (Å²) < 4.78 is 4.43. The zero-order chi connectivity index (χ0) is 7.14. The molecule has 2 saturated heterocycles. The molecule has 2 aliphatic heterocycles. The lowest BCUT2D eigenvalue weighted by molar-refractivity contribution is -0.165. The van der Waals surface area contributed by atoms with Gasteiger partial charge in [-0.2, -0.15) is 0 Å². The number of cyclic esters (lactones) is 2. The summed E-state index contributed by atoms with van der Waals surface area (Å²) in [5, 5.41) is 2.87. The molecular weight excluding hydrogens is 134 g/mol. The lowest BCUT2D eigenvalue weighted by Crippen LogP contribution is -2.48. The lowest BCUT2D eigenvalue weighted by Gasteiger charge is -2.17. The molecule has 54 valence electrons. The Balaban J connectivity index is 2.24. The van der Waals surface area contributed by atoms with E-state index in [0.29, 0.717) is 0 Å². The van der Waals surface area contributed by atoms with Gasteiger partial charge in [-0.15, -0.1) is 0 Å².